The van der Waals surface area contributed by atoms with E-state index in [4.69, 9.17) is 0 Å². The first-order valence-electron chi connectivity index (χ1n) is 6.77. The van der Waals surface area contributed by atoms with Crippen LogP contribution in [-0.2, 0) is 13.5 Å². The molecule has 102 valence electrons. The molecule has 2 heterocycles. The van der Waals surface area contributed by atoms with Gasteiger partial charge < -0.3 is 5.32 Å². The number of hydrogen-bond donors (Lipinski definition) is 1. The minimum Gasteiger partial charge on any atom is -0.311 e. The van der Waals surface area contributed by atoms with Gasteiger partial charge in [-0.3, -0.25) is 9.67 Å². The summed E-state index contributed by atoms with van der Waals surface area (Å²) in [7, 11) is 3.92. The van der Waals surface area contributed by atoms with E-state index in [1.54, 1.807) is 0 Å². The van der Waals surface area contributed by atoms with Crippen molar-refractivity contribution in [3.63, 3.8) is 0 Å². The quantitative estimate of drug-likeness (QED) is 0.789. The highest BCUT2D eigenvalue weighted by Crippen LogP contribution is 2.22. The molecule has 0 saturated carbocycles. The molecule has 0 saturated heterocycles. The van der Waals surface area contributed by atoms with Gasteiger partial charge in [0.15, 0.2) is 0 Å². The van der Waals surface area contributed by atoms with Crippen LogP contribution in [0.15, 0.2) is 48.8 Å². The van der Waals surface area contributed by atoms with E-state index in [9.17, 15) is 0 Å². The molecule has 4 nitrogen and oxygen atoms in total. The summed E-state index contributed by atoms with van der Waals surface area (Å²) in [5.41, 5.74) is 3.40. The molecule has 1 atom stereocenters. The van der Waals surface area contributed by atoms with Crippen LogP contribution < -0.4 is 5.32 Å². The average Bonchev–Trinajstić information content (AvgIpc) is 2.91. The highest BCUT2D eigenvalue weighted by molar-refractivity contribution is 5.81. The highest BCUT2D eigenvalue weighted by atomic mass is 15.3. The van der Waals surface area contributed by atoms with Gasteiger partial charge in [-0.05, 0) is 37.2 Å². The number of benzene rings is 1. The second-order valence-corrected chi connectivity index (χ2v) is 4.95. The van der Waals surface area contributed by atoms with E-state index in [2.05, 4.69) is 39.7 Å². The van der Waals surface area contributed by atoms with Crippen LogP contribution >= 0.6 is 0 Å². The summed E-state index contributed by atoms with van der Waals surface area (Å²) in [6.07, 6.45) is 4.75. The maximum atomic E-state index is 4.50. The molecule has 3 aromatic rings. The molecule has 0 aliphatic rings. The van der Waals surface area contributed by atoms with Gasteiger partial charge in [0.2, 0.25) is 0 Å². The number of para-hydroxylation sites is 1. The lowest BCUT2D eigenvalue weighted by Crippen LogP contribution is -2.19. The van der Waals surface area contributed by atoms with Gasteiger partial charge in [-0.1, -0.05) is 18.2 Å². The molecule has 0 aliphatic carbocycles. The maximum absolute atomic E-state index is 4.50. The number of aromatic nitrogens is 3. The van der Waals surface area contributed by atoms with Crippen molar-refractivity contribution in [3.8, 4) is 0 Å². The van der Waals surface area contributed by atoms with Crippen molar-refractivity contribution in [2.45, 2.75) is 12.5 Å². The van der Waals surface area contributed by atoms with E-state index in [0.29, 0.717) is 0 Å². The van der Waals surface area contributed by atoms with E-state index in [1.807, 2.05) is 43.3 Å². The summed E-state index contributed by atoms with van der Waals surface area (Å²) in [5.74, 6) is 0. The monoisotopic (exact) mass is 266 g/mol. The van der Waals surface area contributed by atoms with Crippen LogP contribution in [0.3, 0.4) is 0 Å². The highest BCUT2D eigenvalue weighted by Gasteiger charge is 2.14. The van der Waals surface area contributed by atoms with Gasteiger partial charge in [-0.2, -0.15) is 5.10 Å². The Balaban J connectivity index is 1.95. The molecule has 3 rings (SSSR count). The Labute approximate surface area is 118 Å². The van der Waals surface area contributed by atoms with E-state index in [-0.39, 0.29) is 6.04 Å². The first-order chi connectivity index (χ1) is 9.78. The van der Waals surface area contributed by atoms with Crippen molar-refractivity contribution < 1.29 is 0 Å². The SMILES string of the molecule is CNC(Cc1ccnc2ccccc12)c1ccn(C)n1. The zero-order valence-electron chi connectivity index (χ0n) is 11.7. The predicted octanol–water partition coefficient (Wildman–Crippen LogP) is 2.47. The molecule has 0 bridgehead atoms. The number of nitrogens with one attached hydrogen (secondary N) is 1. The van der Waals surface area contributed by atoms with E-state index >= 15 is 0 Å². The second-order valence-electron chi connectivity index (χ2n) is 4.95. The second kappa shape index (κ2) is 5.43. The minimum atomic E-state index is 0.210. The topological polar surface area (TPSA) is 42.7 Å². The fourth-order valence-corrected chi connectivity index (χ4v) is 2.53. The molecule has 0 amide bonds. The fourth-order valence-electron chi connectivity index (χ4n) is 2.53. The molecule has 0 fully saturated rings. The molecule has 2 aromatic heterocycles. The minimum absolute atomic E-state index is 0.210. The molecule has 0 radical (unpaired) electrons. The van der Waals surface area contributed by atoms with Gasteiger partial charge in [0.05, 0.1) is 17.3 Å². The van der Waals surface area contributed by atoms with Gasteiger partial charge in [-0.25, -0.2) is 0 Å². The van der Waals surface area contributed by atoms with Gasteiger partial charge in [0.25, 0.3) is 0 Å². The molecule has 1 unspecified atom stereocenters. The summed E-state index contributed by atoms with van der Waals surface area (Å²) in [6, 6.07) is 12.6. The van der Waals surface area contributed by atoms with Gasteiger partial charge in [0.1, 0.15) is 0 Å². The van der Waals surface area contributed by atoms with Crippen LogP contribution in [0.2, 0.25) is 0 Å². The maximum Gasteiger partial charge on any atom is 0.0797 e. The Bertz CT molecular complexity index is 712. The van der Waals surface area contributed by atoms with E-state index in [1.165, 1.54) is 10.9 Å². The summed E-state index contributed by atoms with van der Waals surface area (Å²) in [4.78, 5) is 4.41. The van der Waals surface area contributed by atoms with Crippen LogP contribution in [0.4, 0.5) is 0 Å². The molecular formula is C16H18N4. The normalized spacial score (nSPS) is 12.7. The first-order valence-corrected chi connectivity index (χ1v) is 6.77. The van der Waals surface area contributed by atoms with Gasteiger partial charge in [-0.15, -0.1) is 0 Å². The Hall–Kier alpha value is -2.20. The Morgan fingerprint density at radius 2 is 2.05 bits per heavy atom. The van der Waals surface area contributed by atoms with Crippen LogP contribution in [0.25, 0.3) is 10.9 Å². The third-order valence-corrected chi connectivity index (χ3v) is 3.60. The first kappa shape index (κ1) is 12.8. The van der Waals surface area contributed by atoms with Crippen molar-refractivity contribution in [3.05, 3.63) is 60.0 Å². The molecule has 1 aromatic carbocycles. The summed E-state index contributed by atoms with van der Waals surface area (Å²) < 4.78 is 1.84. The molecular weight excluding hydrogens is 248 g/mol. The van der Waals surface area contributed by atoms with Crippen molar-refractivity contribution in [2.75, 3.05) is 7.05 Å². The number of aryl methyl sites for hydroxylation is 1. The zero-order valence-corrected chi connectivity index (χ0v) is 11.7. The summed E-state index contributed by atoms with van der Waals surface area (Å²) in [5, 5.41) is 9.06. The fraction of sp³-hybridized carbons (Fsp3) is 0.250. The predicted molar refractivity (Wildman–Crippen MR) is 80.5 cm³/mol. The molecule has 0 spiro atoms. The third kappa shape index (κ3) is 2.42. The Kier molecular flexibility index (Phi) is 3.48. The number of fused-ring (bicyclic) bond motifs is 1. The van der Waals surface area contributed by atoms with E-state index < -0.39 is 0 Å². The largest absolute Gasteiger partial charge is 0.311 e. The van der Waals surface area contributed by atoms with Crippen LogP contribution in [-0.4, -0.2) is 21.8 Å². The van der Waals surface area contributed by atoms with Gasteiger partial charge in [0, 0.05) is 24.8 Å². The van der Waals surface area contributed by atoms with Crippen molar-refractivity contribution in [1.82, 2.24) is 20.1 Å². The van der Waals surface area contributed by atoms with Crippen LogP contribution in [0, 0.1) is 0 Å². The number of hydrogen-bond acceptors (Lipinski definition) is 3. The number of likely N-dealkylation sites (N-methyl/N-ethyl adjacent to an activating group) is 1. The molecule has 4 heteroatoms. The number of nitrogens with zero attached hydrogens (tertiary/aromatic N) is 3. The lowest BCUT2D eigenvalue weighted by molar-refractivity contribution is 0.564. The molecule has 1 N–H and O–H groups in total. The third-order valence-electron chi connectivity index (χ3n) is 3.60. The van der Waals surface area contributed by atoms with Gasteiger partial charge >= 0.3 is 0 Å². The van der Waals surface area contributed by atoms with Crippen LogP contribution in [0.1, 0.15) is 17.3 Å². The standard InChI is InChI=1S/C16H18N4/c1-17-16(15-8-10-20(2)19-15)11-12-7-9-18-14-6-4-3-5-13(12)14/h3-10,16-17H,11H2,1-2H3. The Morgan fingerprint density at radius 1 is 1.20 bits per heavy atom. The number of rotatable bonds is 4. The lowest BCUT2D eigenvalue weighted by atomic mass is 10.00. The van der Waals surface area contributed by atoms with Crippen molar-refractivity contribution in [1.29, 1.82) is 0 Å². The molecule has 0 aliphatic heterocycles. The lowest BCUT2D eigenvalue weighted by Gasteiger charge is -2.15. The van der Waals surface area contributed by atoms with Crippen molar-refractivity contribution in [2.24, 2.45) is 7.05 Å². The summed E-state index contributed by atoms with van der Waals surface area (Å²) >= 11 is 0. The summed E-state index contributed by atoms with van der Waals surface area (Å²) in [6.45, 7) is 0. The Morgan fingerprint density at radius 3 is 2.80 bits per heavy atom. The zero-order chi connectivity index (χ0) is 13.9. The van der Waals surface area contributed by atoms with Crippen LogP contribution in [0.5, 0.6) is 0 Å². The van der Waals surface area contributed by atoms with E-state index in [0.717, 1.165) is 17.6 Å². The smallest absolute Gasteiger partial charge is 0.0797 e. The van der Waals surface area contributed by atoms with Crippen molar-refractivity contribution >= 4 is 10.9 Å². The average molecular weight is 266 g/mol. The number of pyridine rings is 1. The molecule has 20 heavy (non-hydrogen) atoms.